The van der Waals surface area contributed by atoms with Gasteiger partial charge < -0.3 is 19.4 Å². The molecule has 1 heterocycles. The van der Waals surface area contributed by atoms with Gasteiger partial charge in [-0.1, -0.05) is 35.5 Å². The molecule has 0 saturated carbocycles. The molecule has 146 valence electrons. The third kappa shape index (κ3) is 4.61. The van der Waals surface area contributed by atoms with Gasteiger partial charge in [0.15, 0.2) is 16.7 Å². The Kier molecular flexibility index (Phi) is 6.49. The van der Waals surface area contributed by atoms with Crippen LogP contribution in [-0.4, -0.2) is 35.4 Å². The standard InChI is InChI=1S/C20H20ClN3O3S/c1-24-16(13-4-6-14(21)7-5-13)11-22-20(24)28-12-19(25)23-15-8-9-17(26-2)18(10-15)27-3/h4-11H,12H2,1-3H3,(H,23,25). The van der Waals surface area contributed by atoms with Crippen LogP contribution in [0.25, 0.3) is 11.3 Å². The zero-order valence-corrected chi connectivity index (χ0v) is 17.3. The Hall–Kier alpha value is -2.64. The first-order valence-electron chi connectivity index (χ1n) is 8.44. The van der Waals surface area contributed by atoms with E-state index in [9.17, 15) is 4.79 Å². The number of imidazole rings is 1. The van der Waals surface area contributed by atoms with Crippen LogP contribution in [0.4, 0.5) is 5.69 Å². The van der Waals surface area contributed by atoms with Gasteiger partial charge in [0.05, 0.1) is 31.9 Å². The second kappa shape index (κ2) is 9.03. The summed E-state index contributed by atoms with van der Waals surface area (Å²) in [5.41, 5.74) is 2.62. The van der Waals surface area contributed by atoms with Crippen molar-refractivity contribution in [2.24, 2.45) is 7.05 Å². The number of carbonyl (C=O) groups is 1. The van der Waals surface area contributed by atoms with E-state index in [-0.39, 0.29) is 11.7 Å². The van der Waals surface area contributed by atoms with E-state index in [0.29, 0.717) is 22.2 Å². The highest BCUT2D eigenvalue weighted by atomic mass is 35.5. The minimum absolute atomic E-state index is 0.131. The molecule has 1 amide bonds. The van der Waals surface area contributed by atoms with E-state index in [0.717, 1.165) is 16.4 Å². The lowest BCUT2D eigenvalue weighted by molar-refractivity contribution is -0.113. The minimum atomic E-state index is -0.131. The molecule has 28 heavy (non-hydrogen) atoms. The SMILES string of the molecule is COc1ccc(NC(=O)CSc2ncc(-c3ccc(Cl)cc3)n2C)cc1OC. The van der Waals surface area contributed by atoms with Crippen molar-refractivity contribution in [2.45, 2.75) is 5.16 Å². The maximum Gasteiger partial charge on any atom is 0.234 e. The number of nitrogens with zero attached hydrogens (tertiary/aromatic N) is 2. The minimum Gasteiger partial charge on any atom is -0.493 e. The second-order valence-electron chi connectivity index (χ2n) is 5.90. The van der Waals surface area contributed by atoms with Crippen LogP contribution in [-0.2, 0) is 11.8 Å². The third-order valence-corrected chi connectivity index (χ3v) is 5.38. The van der Waals surface area contributed by atoms with Crippen molar-refractivity contribution in [1.29, 1.82) is 0 Å². The van der Waals surface area contributed by atoms with Crippen molar-refractivity contribution in [3.8, 4) is 22.8 Å². The van der Waals surface area contributed by atoms with Gasteiger partial charge in [-0.3, -0.25) is 4.79 Å². The maximum atomic E-state index is 12.3. The Balaban J connectivity index is 1.63. The number of nitrogens with one attached hydrogen (secondary N) is 1. The number of thioether (sulfide) groups is 1. The molecular formula is C20H20ClN3O3S. The number of halogens is 1. The number of ether oxygens (including phenoxy) is 2. The van der Waals surface area contributed by atoms with Crippen LogP contribution in [0.15, 0.2) is 53.8 Å². The molecular weight excluding hydrogens is 398 g/mol. The highest BCUT2D eigenvalue weighted by Crippen LogP contribution is 2.30. The number of hydrogen-bond acceptors (Lipinski definition) is 5. The summed E-state index contributed by atoms with van der Waals surface area (Å²) in [7, 11) is 5.04. The van der Waals surface area contributed by atoms with E-state index >= 15 is 0 Å². The lowest BCUT2D eigenvalue weighted by Crippen LogP contribution is -2.14. The molecule has 0 aliphatic rings. The van der Waals surface area contributed by atoms with E-state index in [1.54, 1.807) is 38.6 Å². The van der Waals surface area contributed by atoms with Crippen LogP contribution in [0.2, 0.25) is 5.02 Å². The van der Waals surface area contributed by atoms with Gasteiger partial charge in [-0.2, -0.15) is 0 Å². The molecule has 6 nitrogen and oxygen atoms in total. The fourth-order valence-corrected chi connectivity index (χ4v) is 3.53. The van der Waals surface area contributed by atoms with Crippen LogP contribution < -0.4 is 14.8 Å². The summed E-state index contributed by atoms with van der Waals surface area (Å²) in [5.74, 6) is 1.27. The van der Waals surface area contributed by atoms with Crippen LogP contribution in [0.5, 0.6) is 11.5 Å². The first-order valence-corrected chi connectivity index (χ1v) is 9.80. The molecule has 0 fully saturated rings. The van der Waals surface area contributed by atoms with E-state index in [1.165, 1.54) is 11.8 Å². The number of rotatable bonds is 7. The van der Waals surface area contributed by atoms with Crippen LogP contribution >= 0.6 is 23.4 Å². The monoisotopic (exact) mass is 417 g/mol. The van der Waals surface area contributed by atoms with Crippen molar-refractivity contribution in [3.05, 3.63) is 53.7 Å². The average Bonchev–Trinajstić information content (AvgIpc) is 3.07. The third-order valence-electron chi connectivity index (χ3n) is 4.09. The van der Waals surface area contributed by atoms with Gasteiger partial charge in [-0.15, -0.1) is 0 Å². The highest BCUT2D eigenvalue weighted by Gasteiger charge is 2.12. The number of aromatic nitrogens is 2. The molecule has 0 atom stereocenters. The molecule has 0 aliphatic heterocycles. The molecule has 0 aliphatic carbocycles. The summed E-state index contributed by atoms with van der Waals surface area (Å²) in [4.78, 5) is 16.7. The first kappa shape index (κ1) is 20.1. The first-order chi connectivity index (χ1) is 13.5. The summed E-state index contributed by atoms with van der Waals surface area (Å²) < 4.78 is 12.4. The molecule has 0 radical (unpaired) electrons. The van der Waals surface area contributed by atoms with Crippen molar-refractivity contribution < 1.29 is 14.3 Å². The predicted octanol–water partition coefficient (Wildman–Crippen LogP) is 4.49. The molecule has 3 aromatic rings. The molecule has 2 aromatic carbocycles. The molecule has 0 unspecified atom stereocenters. The summed E-state index contributed by atoms with van der Waals surface area (Å²) in [6.45, 7) is 0. The Morgan fingerprint density at radius 3 is 2.54 bits per heavy atom. The highest BCUT2D eigenvalue weighted by molar-refractivity contribution is 7.99. The van der Waals surface area contributed by atoms with Crippen molar-refractivity contribution in [3.63, 3.8) is 0 Å². The fraction of sp³-hybridized carbons (Fsp3) is 0.200. The van der Waals surface area contributed by atoms with Gasteiger partial charge in [0.2, 0.25) is 5.91 Å². The summed E-state index contributed by atoms with van der Waals surface area (Å²) >= 11 is 7.31. The number of anilines is 1. The van der Waals surface area contributed by atoms with E-state index < -0.39 is 0 Å². The number of carbonyl (C=O) groups excluding carboxylic acids is 1. The average molecular weight is 418 g/mol. The number of hydrogen-bond donors (Lipinski definition) is 1. The number of methoxy groups -OCH3 is 2. The molecule has 8 heteroatoms. The molecule has 0 spiro atoms. The Morgan fingerprint density at radius 1 is 1.14 bits per heavy atom. The molecule has 1 aromatic heterocycles. The van der Waals surface area contributed by atoms with Crippen LogP contribution in [0, 0.1) is 0 Å². The van der Waals surface area contributed by atoms with E-state index in [2.05, 4.69) is 10.3 Å². The van der Waals surface area contributed by atoms with E-state index in [4.69, 9.17) is 21.1 Å². The Morgan fingerprint density at radius 2 is 1.86 bits per heavy atom. The normalized spacial score (nSPS) is 10.6. The van der Waals surface area contributed by atoms with Gasteiger partial charge in [0.25, 0.3) is 0 Å². The molecule has 3 rings (SSSR count). The summed E-state index contributed by atoms with van der Waals surface area (Å²) in [6, 6.07) is 12.8. The van der Waals surface area contributed by atoms with Gasteiger partial charge in [0.1, 0.15) is 0 Å². The van der Waals surface area contributed by atoms with Gasteiger partial charge in [-0.05, 0) is 29.8 Å². The number of benzene rings is 2. The predicted molar refractivity (Wildman–Crippen MR) is 113 cm³/mol. The van der Waals surface area contributed by atoms with Crippen molar-refractivity contribution in [1.82, 2.24) is 9.55 Å². The summed E-state index contributed by atoms with van der Waals surface area (Å²) in [6.07, 6.45) is 1.79. The molecule has 0 bridgehead atoms. The Bertz CT molecular complexity index is 973. The fourth-order valence-electron chi connectivity index (χ4n) is 2.66. The largest absolute Gasteiger partial charge is 0.493 e. The van der Waals surface area contributed by atoms with E-state index in [1.807, 2.05) is 35.9 Å². The zero-order valence-electron chi connectivity index (χ0n) is 15.7. The van der Waals surface area contributed by atoms with Gasteiger partial charge in [-0.25, -0.2) is 4.98 Å². The van der Waals surface area contributed by atoms with Crippen molar-refractivity contribution >= 4 is 35.0 Å². The molecule has 1 N–H and O–H groups in total. The van der Waals surface area contributed by atoms with Gasteiger partial charge >= 0.3 is 0 Å². The zero-order chi connectivity index (χ0) is 20.1. The smallest absolute Gasteiger partial charge is 0.234 e. The van der Waals surface area contributed by atoms with Crippen molar-refractivity contribution in [2.75, 3.05) is 25.3 Å². The number of amides is 1. The lowest BCUT2D eigenvalue weighted by Gasteiger charge is -2.10. The van der Waals surface area contributed by atoms with Crippen LogP contribution in [0.3, 0.4) is 0 Å². The second-order valence-corrected chi connectivity index (χ2v) is 7.28. The van der Waals surface area contributed by atoms with Gasteiger partial charge in [0, 0.05) is 23.8 Å². The quantitative estimate of drug-likeness (QED) is 0.574. The van der Waals surface area contributed by atoms with Crippen LogP contribution in [0.1, 0.15) is 0 Å². The lowest BCUT2D eigenvalue weighted by atomic mass is 10.2. The topological polar surface area (TPSA) is 65.4 Å². The molecule has 0 saturated heterocycles. The maximum absolute atomic E-state index is 12.3. The summed E-state index contributed by atoms with van der Waals surface area (Å²) in [5, 5.41) is 4.30. The Labute approximate surface area is 172 Å².